The van der Waals surface area contributed by atoms with Gasteiger partial charge in [0.25, 0.3) is 0 Å². The van der Waals surface area contributed by atoms with Crippen LogP contribution in [0.3, 0.4) is 0 Å². The summed E-state index contributed by atoms with van der Waals surface area (Å²) in [6, 6.07) is 1.36. The molecule has 86 valence electrons. The van der Waals surface area contributed by atoms with Gasteiger partial charge in [0, 0.05) is 6.20 Å². The van der Waals surface area contributed by atoms with Crippen LogP contribution in [0, 0.1) is 5.92 Å². The fourth-order valence-electron chi connectivity index (χ4n) is 1.44. The maximum Gasteiger partial charge on any atom is 0.337 e. The fraction of sp³-hybridized carbons (Fsp3) is 0.455. The van der Waals surface area contributed by atoms with Gasteiger partial charge in [-0.2, -0.15) is 0 Å². The molecule has 1 saturated carbocycles. The van der Waals surface area contributed by atoms with Crippen LogP contribution in [0.4, 0.5) is 5.69 Å². The highest BCUT2D eigenvalue weighted by Gasteiger charge is 2.21. The highest BCUT2D eigenvalue weighted by molar-refractivity contribution is 5.88. The lowest BCUT2D eigenvalue weighted by Crippen LogP contribution is -2.05. The Labute approximate surface area is 93.2 Å². The maximum atomic E-state index is 10.6. The van der Waals surface area contributed by atoms with Gasteiger partial charge in [0.05, 0.1) is 17.9 Å². The number of anilines is 1. The molecular weight excluding hydrogens is 208 g/mol. The zero-order valence-corrected chi connectivity index (χ0v) is 8.85. The van der Waals surface area contributed by atoms with Crippen LogP contribution in [0.15, 0.2) is 12.3 Å². The number of rotatable bonds is 5. The summed E-state index contributed by atoms with van der Waals surface area (Å²) < 4.78 is 5.39. The SMILES string of the molecule is Nc1cc(C(=O)O)cnc1OCCC1CC1. The molecule has 1 heterocycles. The van der Waals surface area contributed by atoms with Crippen molar-refractivity contribution in [3.05, 3.63) is 17.8 Å². The second-order valence-electron chi connectivity index (χ2n) is 4.00. The van der Waals surface area contributed by atoms with Gasteiger partial charge < -0.3 is 15.6 Å². The van der Waals surface area contributed by atoms with Gasteiger partial charge in [-0.05, 0) is 18.4 Å². The van der Waals surface area contributed by atoms with E-state index in [1.807, 2.05) is 0 Å². The number of carbonyl (C=O) groups is 1. The monoisotopic (exact) mass is 222 g/mol. The van der Waals surface area contributed by atoms with E-state index in [4.69, 9.17) is 15.6 Å². The molecule has 1 aromatic rings. The number of nitrogens with zero attached hydrogens (tertiary/aromatic N) is 1. The van der Waals surface area contributed by atoms with Crippen LogP contribution in [0.2, 0.25) is 0 Å². The summed E-state index contributed by atoms with van der Waals surface area (Å²) in [6.45, 7) is 0.592. The average molecular weight is 222 g/mol. The van der Waals surface area contributed by atoms with Gasteiger partial charge in [0.15, 0.2) is 0 Å². The summed E-state index contributed by atoms with van der Waals surface area (Å²) in [7, 11) is 0. The molecule has 1 fully saturated rings. The summed E-state index contributed by atoms with van der Waals surface area (Å²) >= 11 is 0. The van der Waals surface area contributed by atoms with Crippen LogP contribution >= 0.6 is 0 Å². The van der Waals surface area contributed by atoms with Crippen molar-refractivity contribution in [3.8, 4) is 5.88 Å². The zero-order valence-electron chi connectivity index (χ0n) is 8.85. The van der Waals surface area contributed by atoms with Crippen molar-refractivity contribution in [1.82, 2.24) is 4.98 Å². The molecule has 0 bridgehead atoms. The molecule has 3 N–H and O–H groups in total. The Morgan fingerprint density at radius 3 is 2.94 bits per heavy atom. The van der Waals surface area contributed by atoms with Crippen molar-refractivity contribution in [3.63, 3.8) is 0 Å². The van der Waals surface area contributed by atoms with E-state index < -0.39 is 5.97 Å². The average Bonchev–Trinajstić information content (AvgIpc) is 3.04. The van der Waals surface area contributed by atoms with E-state index >= 15 is 0 Å². The first-order valence-electron chi connectivity index (χ1n) is 5.28. The molecule has 5 heteroatoms. The van der Waals surface area contributed by atoms with E-state index in [2.05, 4.69) is 4.98 Å². The van der Waals surface area contributed by atoms with Crippen LogP contribution in [0.5, 0.6) is 5.88 Å². The number of carboxylic acids is 1. The molecule has 0 spiro atoms. The molecule has 1 aliphatic rings. The predicted molar refractivity (Wildman–Crippen MR) is 58.4 cm³/mol. The lowest BCUT2D eigenvalue weighted by atomic mass is 10.2. The van der Waals surface area contributed by atoms with Gasteiger partial charge >= 0.3 is 5.97 Å². The maximum absolute atomic E-state index is 10.6. The first-order chi connectivity index (χ1) is 7.66. The van der Waals surface area contributed by atoms with Crippen LogP contribution in [0.1, 0.15) is 29.6 Å². The van der Waals surface area contributed by atoms with Gasteiger partial charge in [-0.1, -0.05) is 12.8 Å². The highest BCUT2D eigenvalue weighted by Crippen LogP contribution is 2.32. The Morgan fingerprint density at radius 1 is 1.62 bits per heavy atom. The number of hydrogen-bond donors (Lipinski definition) is 2. The van der Waals surface area contributed by atoms with E-state index in [9.17, 15) is 4.79 Å². The molecule has 1 aromatic heterocycles. The number of ether oxygens (including phenoxy) is 1. The molecule has 0 saturated heterocycles. The molecule has 0 atom stereocenters. The van der Waals surface area contributed by atoms with E-state index in [1.165, 1.54) is 25.1 Å². The lowest BCUT2D eigenvalue weighted by molar-refractivity contribution is 0.0696. The first kappa shape index (κ1) is 10.7. The van der Waals surface area contributed by atoms with Crippen LogP contribution in [-0.4, -0.2) is 22.7 Å². The molecule has 1 aliphatic carbocycles. The summed E-state index contributed by atoms with van der Waals surface area (Å²) in [4.78, 5) is 14.5. The molecule has 0 aromatic carbocycles. The van der Waals surface area contributed by atoms with Gasteiger partial charge in [0.1, 0.15) is 0 Å². The summed E-state index contributed by atoms with van der Waals surface area (Å²) in [5.74, 6) is 0.0777. The molecule has 0 unspecified atom stereocenters. The largest absolute Gasteiger partial charge is 0.478 e. The number of hydrogen-bond acceptors (Lipinski definition) is 4. The quantitative estimate of drug-likeness (QED) is 0.789. The van der Waals surface area contributed by atoms with Gasteiger partial charge in [-0.15, -0.1) is 0 Å². The number of nitrogens with two attached hydrogens (primary N) is 1. The Kier molecular flexibility index (Phi) is 2.94. The topological polar surface area (TPSA) is 85.4 Å². The Bertz CT molecular complexity index is 402. The summed E-state index contributed by atoms with van der Waals surface area (Å²) in [5.41, 5.74) is 5.99. The Morgan fingerprint density at radius 2 is 2.38 bits per heavy atom. The molecule has 16 heavy (non-hydrogen) atoms. The number of carboxylic acid groups (broad SMARTS) is 1. The smallest absolute Gasteiger partial charge is 0.337 e. The second-order valence-corrected chi connectivity index (χ2v) is 4.00. The minimum Gasteiger partial charge on any atom is -0.478 e. The zero-order chi connectivity index (χ0) is 11.5. The number of aromatic carboxylic acids is 1. The van der Waals surface area contributed by atoms with E-state index in [0.717, 1.165) is 12.3 Å². The first-order valence-corrected chi connectivity index (χ1v) is 5.28. The van der Waals surface area contributed by atoms with Crippen LogP contribution in [0.25, 0.3) is 0 Å². The van der Waals surface area contributed by atoms with Crippen molar-refractivity contribution in [2.75, 3.05) is 12.3 Å². The van der Waals surface area contributed by atoms with E-state index in [-0.39, 0.29) is 11.3 Å². The van der Waals surface area contributed by atoms with Crippen LogP contribution < -0.4 is 10.5 Å². The second kappa shape index (κ2) is 4.38. The summed E-state index contributed by atoms with van der Waals surface area (Å²) in [5, 5.41) is 8.72. The highest BCUT2D eigenvalue weighted by atomic mass is 16.5. The molecule has 0 aliphatic heterocycles. The van der Waals surface area contributed by atoms with Gasteiger partial charge in [-0.3, -0.25) is 0 Å². The third kappa shape index (κ3) is 2.62. The number of aromatic nitrogens is 1. The third-order valence-corrected chi connectivity index (χ3v) is 2.59. The summed E-state index contributed by atoms with van der Waals surface area (Å²) in [6.07, 6.45) is 4.83. The normalized spacial score (nSPS) is 14.8. The fourth-order valence-corrected chi connectivity index (χ4v) is 1.44. The van der Waals surface area contributed by atoms with E-state index in [1.54, 1.807) is 0 Å². The van der Waals surface area contributed by atoms with Crippen molar-refractivity contribution in [2.45, 2.75) is 19.3 Å². The molecule has 0 radical (unpaired) electrons. The van der Waals surface area contributed by atoms with Crippen LogP contribution in [-0.2, 0) is 0 Å². The van der Waals surface area contributed by atoms with Crippen molar-refractivity contribution < 1.29 is 14.6 Å². The van der Waals surface area contributed by atoms with Crippen molar-refractivity contribution in [2.24, 2.45) is 5.92 Å². The molecular formula is C11H14N2O3. The predicted octanol–water partition coefficient (Wildman–Crippen LogP) is 1.54. The standard InChI is InChI=1S/C11H14N2O3/c12-9-5-8(11(14)15)6-13-10(9)16-4-3-7-1-2-7/h5-7H,1-4,12H2,(H,14,15). The number of pyridine rings is 1. The molecule has 2 rings (SSSR count). The van der Waals surface area contributed by atoms with Gasteiger partial charge in [0.2, 0.25) is 5.88 Å². The third-order valence-electron chi connectivity index (χ3n) is 2.59. The lowest BCUT2D eigenvalue weighted by Gasteiger charge is -2.07. The van der Waals surface area contributed by atoms with Crippen molar-refractivity contribution in [1.29, 1.82) is 0 Å². The Hall–Kier alpha value is -1.78. The Balaban J connectivity index is 1.95. The van der Waals surface area contributed by atoms with Gasteiger partial charge in [-0.25, -0.2) is 9.78 Å². The van der Waals surface area contributed by atoms with E-state index in [0.29, 0.717) is 12.5 Å². The minimum atomic E-state index is -1.04. The number of nitrogen functional groups attached to an aromatic ring is 1. The minimum absolute atomic E-state index is 0.0760. The van der Waals surface area contributed by atoms with Crippen molar-refractivity contribution >= 4 is 11.7 Å². The molecule has 0 amide bonds. The molecule has 5 nitrogen and oxygen atoms in total.